The van der Waals surface area contributed by atoms with Crippen LogP contribution in [0.25, 0.3) is 0 Å². The monoisotopic (exact) mass is 276 g/mol. The molecule has 0 N–H and O–H groups in total. The average Bonchev–Trinajstić information content (AvgIpc) is 2.51. The SMILES string of the molecule is Fc1ccccc1CN1CCC(N2CCCCC2)CC1. The topological polar surface area (TPSA) is 6.48 Å². The molecule has 0 aromatic heterocycles. The van der Waals surface area contributed by atoms with E-state index in [1.165, 1.54) is 45.2 Å². The molecule has 0 unspecified atom stereocenters. The van der Waals surface area contributed by atoms with Crippen LogP contribution in [-0.2, 0) is 6.54 Å². The fourth-order valence-corrected chi connectivity index (χ4v) is 3.59. The summed E-state index contributed by atoms with van der Waals surface area (Å²) in [5.74, 6) is -0.0642. The minimum atomic E-state index is -0.0642. The summed E-state index contributed by atoms with van der Waals surface area (Å²) in [6.45, 7) is 5.56. The first-order chi connectivity index (χ1) is 9.83. The molecule has 2 saturated heterocycles. The molecule has 0 saturated carbocycles. The minimum absolute atomic E-state index is 0.0642. The first-order valence-electron chi connectivity index (χ1n) is 8.03. The average molecular weight is 276 g/mol. The lowest BCUT2D eigenvalue weighted by molar-refractivity contribution is 0.0892. The molecule has 2 aliphatic rings. The second-order valence-electron chi connectivity index (χ2n) is 6.20. The third-order valence-electron chi connectivity index (χ3n) is 4.82. The van der Waals surface area contributed by atoms with Crippen molar-refractivity contribution in [1.82, 2.24) is 9.80 Å². The van der Waals surface area contributed by atoms with Gasteiger partial charge in [-0.3, -0.25) is 4.90 Å². The molecule has 1 aromatic rings. The number of nitrogens with zero attached hydrogens (tertiary/aromatic N) is 2. The molecule has 0 spiro atoms. The van der Waals surface area contributed by atoms with Crippen LogP contribution in [0.1, 0.15) is 37.7 Å². The van der Waals surface area contributed by atoms with Crippen molar-refractivity contribution >= 4 is 0 Å². The van der Waals surface area contributed by atoms with Gasteiger partial charge in [0.05, 0.1) is 0 Å². The van der Waals surface area contributed by atoms with Gasteiger partial charge in [0.1, 0.15) is 5.82 Å². The number of benzene rings is 1. The van der Waals surface area contributed by atoms with Gasteiger partial charge in [-0.05, 0) is 57.9 Å². The normalized spacial score (nSPS) is 23.1. The quantitative estimate of drug-likeness (QED) is 0.836. The highest BCUT2D eigenvalue weighted by Crippen LogP contribution is 2.22. The summed E-state index contributed by atoms with van der Waals surface area (Å²) in [6.07, 6.45) is 6.64. The van der Waals surface area contributed by atoms with Gasteiger partial charge < -0.3 is 4.90 Å². The molecule has 0 amide bonds. The van der Waals surface area contributed by atoms with Crippen molar-refractivity contribution in [3.63, 3.8) is 0 Å². The summed E-state index contributed by atoms with van der Waals surface area (Å²) in [6, 6.07) is 7.94. The van der Waals surface area contributed by atoms with Crippen molar-refractivity contribution in [1.29, 1.82) is 0 Å². The second kappa shape index (κ2) is 6.68. The highest BCUT2D eigenvalue weighted by molar-refractivity contribution is 5.17. The number of likely N-dealkylation sites (tertiary alicyclic amines) is 2. The summed E-state index contributed by atoms with van der Waals surface area (Å²) >= 11 is 0. The Morgan fingerprint density at radius 3 is 2.35 bits per heavy atom. The molecule has 0 radical (unpaired) electrons. The number of hydrogen-bond acceptors (Lipinski definition) is 2. The van der Waals surface area contributed by atoms with Crippen LogP contribution in [0, 0.1) is 5.82 Å². The predicted octanol–water partition coefficient (Wildman–Crippen LogP) is 3.28. The van der Waals surface area contributed by atoms with E-state index in [1.807, 2.05) is 12.1 Å². The van der Waals surface area contributed by atoms with E-state index in [0.29, 0.717) is 0 Å². The van der Waals surface area contributed by atoms with Gasteiger partial charge in [-0.1, -0.05) is 24.6 Å². The molecule has 110 valence electrons. The zero-order valence-electron chi connectivity index (χ0n) is 12.2. The van der Waals surface area contributed by atoms with Gasteiger partial charge in [0.2, 0.25) is 0 Å². The van der Waals surface area contributed by atoms with Gasteiger partial charge in [-0.2, -0.15) is 0 Å². The molecule has 20 heavy (non-hydrogen) atoms. The molecule has 1 aromatic carbocycles. The van der Waals surface area contributed by atoms with Crippen molar-refractivity contribution in [2.45, 2.75) is 44.7 Å². The van der Waals surface area contributed by atoms with Crippen molar-refractivity contribution < 1.29 is 4.39 Å². The summed E-state index contributed by atoms with van der Waals surface area (Å²) in [5.41, 5.74) is 0.837. The lowest BCUT2D eigenvalue weighted by Gasteiger charge is -2.40. The first-order valence-corrected chi connectivity index (χ1v) is 8.03. The smallest absolute Gasteiger partial charge is 0.127 e. The Kier molecular flexibility index (Phi) is 4.69. The van der Waals surface area contributed by atoms with E-state index >= 15 is 0 Å². The van der Waals surface area contributed by atoms with Crippen LogP contribution >= 0.6 is 0 Å². The fourth-order valence-electron chi connectivity index (χ4n) is 3.59. The van der Waals surface area contributed by atoms with Gasteiger partial charge in [0, 0.05) is 18.2 Å². The molecule has 2 fully saturated rings. The summed E-state index contributed by atoms with van der Waals surface area (Å²) in [4.78, 5) is 5.09. The molecule has 3 heteroatoms. The minimum Gasteiger partial charge on any atom is -0.300 e. The lowest BCUT2D eigenvalue weighted by atomic mass is 9.99. The zero-order valence-corrected chi connectivity index (χ0v) is 12.2. The Morgan fingerprint density at radius 1 is 0.950 bits per heavy atom. The number of piperidine rings is 2. The fraction of sp³-hybridized carbons (Fsp3) is 0.647. The van der Waals surface area contributed by atoms with E-state index in [0.717, 1.165) is 31.2 Å². The molecule has 0 aliphatic carbocycles. The Bertz CT molecular complexity index is 421. The number of halogens is 1. The largest absolute Gasteiger partial charge is 0.300 e. The molecule has 2 nitrogen and oxygen atoms in total. The maximum absolute atomic E-state index is 13.7. The molecular formula is C17H25FN2. The summed E-state index contributed by atoms with van der Waals surface area (Å²) in [7, 11) is 0. The Labute approximate surface area is 121 Å². The number of hydrogen-bond donors (Lipinski definition) is 0. The van der Waals surface area contributed by atoms with E-state index in [1.54, 1.807) is 12.1 Å². The summed E-state index contributed by atoms with van der Waals surface area (Å²) < 4.78 is 13.7. The van der Waals surface area contributed by atoms with Gasteiger partial charge in [-0.15, -0.1) is 0 Å². The van der Waals surface area contributed by atoms with Crippen LogP contribution < -0.4 is 0 Å². The van der Waals surface area contributed by atoms with Crippen molar-refractivity contribution in [3.8, 4) is 0 Å². The second-order valence-corrected chi connectivity index (χ2v) is 6.20. The lowest BCUT2D eigenvalue weighted by Crippen LogP contribution is -2.46. The molecule has 2 heterocycles. The Balaban J connectivity index is 1.50. The van der Waals surface area contributed by atoms with Crippen molar-refractivity contribution in [3.05, 3.63) is 35.6 Å². The van der Waals surface area contributed by atoms with Crippen LogP contribution in [0.4, 0.5) is 4.39 Å². The Morgan fingerprint density at radius 2 is 1.65 bits per heavy atom. The van der Waals surface area contributed by atoms with E-state index in [9.17, 15) is 4.39 Å². The maximum Gasteiger partial charge on any atom is 0.127 e. The highest BCUT2D eigenvalue weighted by atomic mass is 19.1. The van der Waals surface area contributed by atoms with Crippen LogP contribution in [0.15, 0.2) is 24.3 Å². The third kappa shape index (κ3) is 3.39. The number of rotatable bonds is 3. The highest BCUT2D eigenvalue weighted by Gasteiger charge is 2.25. The van der Waals surface area contributed by atoms with Crippen molar-refractivity contribution in [2.75, 3.05) is 26.2 Å². The van der Waals surface area contributed by atoms with E-state index in [-0.39, 0.29) is 5.82 Å². The van der Waals surface area contributed by atoms with Gasteiger partial charge in [0.15, 0.2) is 0 Å². The third-order valence-corrected chi connectivity index (χ3v) is 4.82. The molecule has 0 bridgehead atoms. The summed E-state index contributed by atoms with van der Waals surface area (Å²) in [5, 5.41) is 0. The first kappa shape index (κ1) is 14.0. The molecular weight excluding hydrogens is 251 g/mol. The predicted molar refractivity (Wildman–Crippen MR) is 80.1 cm³/mol. The van der Waals surface area contributed by atoms with E-state index in [2.05, 4.69) is 9.80 Å². The standard InChI is InChI=1S/C17H25FN2/c18-17-7-3-2-6-15(17)14-19-12-8-16(9-13-19)20-10-4-1-5-11-20/h2-3,6-7,16H,1,4-5,8-14H2. The van der Waals surface area contributed by atoms with Crippen LogP contribution in [0.2, 0.25) is 0 Å². The molecule has 2 aliphatic heterocycles. The Hall–Kier alpha value is -0.930. The molecule has 0 atom stereocenters. The maximum atomic E-state index is 13.7. The van der Waals surface area contributed by atoms with E-state index < -0.39 is 0 Å². The van der Waals surface area contributed by atoms with Crippen LogP contribution in [0.5, 0.6) is 0 Å². The van der Waals surface area contributed by atoms with Gasteiger partial charge >= 0.3 is 0 Å². The van der Waals surface area contributed by atoms with Crippen LogP contribution in [0.3, 0.4) is 0 Å². The van der Waals surface area contributed by atoms with E-state index in [4.69, 9.17) is 0 Å². The van der Waals surface area contributed by atoms with Crippen LogP contribution in [-0.4, -0.2) is 42.0 Å². The van der Waals surface area contributed by atoms with Crippen molar-refractivity contribution in [2.24, 2.45) is 0 Å². The van der Waals surface area contributed by atoms with Gasteiger partial charge in [0.25, 0.3) is 0 Å². The zero-order chi connectivity index (χ0) is 13.8. The molecule has 3 rings (SSSR count). The van der Waals surface area contributed by atoms with Gasteiger partial charge in [-0.25, -0.2) is 4.39 Å².